The van der Waals surface area contributed by atoms with E-state index in [1.807, 2.05) is 12.1 Å². The molecule has 2 aromatic rings. The molecule has 0 aliphatic heterocycles. The molecule has 1 saturated carbocycles. The van der Waals surface area contributed by atoms with E-state index in [0.717, 1.165) is 23.4 Å². The Morgan fingerprint density at radius 2 is 1.88 bits per heavy atom. The summed E-state index contributed by atoms with van der Waals surface area (Å²) in [6.45, 7) is 0.0141. The third-order valence-electron chi connectivity index (χ3n) is 3.84. The molecule has 3 rings (SSSR count). The first kappa shape index (κ1) is 16.9. The monoisotopic (exact) mass is 395 g/mol. The minimum atomic E-state index is -0.637. The molecule has 1 amide bonds. The number of rotatable bonds is 6. The first-order chi connectivity index (χ1) is 11.5. The molecule has 0 spiro atoms. The molecule has 0 saturated heterocycles. The summed E-state index contributed by atoms with van der Waals surface area (Å²) in [5.74, 6) is -0.874. The van der Waals surface area contributed by atoms with Crippen molar-refractivity contribution in [3.8, 4) is 5.75 Å². The topological polar surface area (TPSA) is 29.5 Å². The van der Waals surface area contributed by atoms with Crippen LogP contribution in [0.15, 0.2) is 46.9 Å². The molecule has 24 heavy (non-hydrogen) atoms. The standard InChI is InChI=1S/C18H16BrF2NO2/c19-13-2-7-16(8-3-13)24-11-18(23)22(15-5-6-15)10-12-1-4-14(20)9-17(12)21/h1-4,7-9,15H,5-6,10-11H2. The minimum Gasteiger partial charge on any atom is -0.484 e. The normalized spacial score (nSPS) is 13.6. The Hall–Kier alpha value is -1.95. The largest absolute Gasteiger partial charge is 0.484 e. The third-order valence-corrected chi connectivity index (χ3v) is 4.37. The highest BCUT2D eigenvalue weighted by atomic mass is 79.9. The molecule has 0 radical (unpaired) electrons. The van der Waals surface area contributed by atoms with Gasteiger partial charge in [0.05, 0.1) is 0 Å². The lowest BCUT2D eigenvalue weighted by atomic mass is 10.2. The summed E-state index contributed by atoms with van der Waals surface area (Å²) in [4.78, 5) is 14.0. The van der Waals surface area contributed by atoms with Crippen molar-refractivity contribution >= 4 is 21.8 Å². The van der Waals surface area contributed by atoms with Crippen LogP contribution in [0.2, 0.25) is 0 Å². The average Bonchev–Trinajstić information content (AvgIpc) is 3.38. The summed E-state index contributed by atoms with van der Waals surface area (Å²) in [5.41, 5.74) is 0.306. The summed E-state index contributed by atoms with van der Waals surface area (Å²) in [6, 6.07) is 10.7. The van der Waals surface area contributed by atoms with Gasteiger partial charge in [-0.3, -0.25) is 4.79 Å². The van der Waals surface area contributed by atoms with E-state index in [0.29, 0.717) is 11.3 Å². The van der Waals surface area contributed by atoms with Gasteiger partial charge in [-0.25, -0.2) is 8.78 Å². The fourth-order valence-corrected chi connectivity index (χ4v) is 2.66. The Morgan fingerprint density at radius 1 is 1.17 bits per heavy atom. The lowest BCUT2D eigenvalue weighted by Crippen LogP contribution is -2.36. The zero-order valence-electron chi connectivity index (χ0n) is 12.8. The Bertz CT molecular complexity index is 732. The maximum Gasteiger partial charge on any atom is 0.261 e. The first-order valence-electron chi connectivity index (χ1n) is 7.64. The second-order valence-electron chi connectivity index (χ2n) is 5.73. The Kier molecular flexibility index (Phi) is 5.14. The van der Waals surface area contributed by atoms with Gasteiger partial charge in [-0.2, -0.15) is 0 Å². The van der Waals surface area contributed by atoms with Gasteiger partial charge in [0.2, 0.25) is 0 Å². The molecule has 1 aliphatic rings. The minimum absolute atomic E-state index is 0.107. The van der Waals surface area contributed by atoms with Crippen LogP contribution < -0.4 is 4.74 Å². The van der Waals surface area contributed by atoms with E-state index in [-0.39, 0.29) is 25.1 Å². The Balaban J connectivity index is 1.64. The van der Waals surface area contributed by atoms with Crippen LogP contribution >= 0.6 is 15.9 Å². The molecule has 0 unspecified atom stereocenters. The SMILES string of the molecule is O=C(COc1ccc(Br)cc1)N(Cc1ccc(F)cc1F)C1CC1. The summed E-state index contributed by atoms with van der Waals surface area (Å²) >= 11 is 3.33. The van der Waals surface area contributed by atoms with E-state index in [9.17, 15) is 13.6 Å². The molecule has 0 bridgehead atoms. The third kappa shape index (κ3) is 4.32. The number of ether oxygens (including phenoxy) is 1. The summed E-state index contributed by atoms with van der Waals surface area (Å²) in [7, 11) is 0. The summed E-state index contributed by atoms with van der Waals surface area (Å²) in [5, 5.41) is 0. The molecule has 0 aromatic heterocycles. The van der Waals surface area contributed by atoms with Crippen LogP contribution in [0.25, 0.3) is 0 Å². The average molecular weight is 396 g/mol. The molecule has 2 aromatic carbocycles. The van der Waals surface area contributed by atoms with Gasteiger partial charge >= 0.3 is 0 Å². The van der Waals surface area contributed by atoms with Crippen LogP contribution in [0, 0.1) is 11.6 Å². The molecular formula is C18H16BrF2NO2. The molecule has 6 heteroatoms. The molecule has 1 aliphatic carbocycles. The number of hydrogen-bond donors (Lipinski definition) is 0. The van der Waals surface area contributed by atoms with Gasteiger partial charge in [-0.1, -0.05) is 22.0 Å². The Labute approximate surface area is 147 Å². The molecular weight excluding hydrogens is 380 g/mol. The Morgan fingerprint density at radius 3 is 2.50 bits per heavy atom. The first-order valence-corrected chi connectivity index (χ1v) is 8.44. The lowest BCUT2D eigenvalue weighted by molar-refractivity contribution is -0.134. The van der Waals surface area contributed by atoms with E-state index in [1.54, 1.807) is 17.0 Å². The zero-order chi connectivity index (χ0) is 17.1. The molecule has 3 nitrogen and oxygen atoms in total. The van der Waals surface area contributed by atoms with E-state index >= 15 is 0 Å². The van der Waals surface area contributed by atoms with Crippen molar-refractivity contribution in [2.24, 2.45) is 0 Å². The van der Waals surface area contributed by atoms with Crippen molar-refractivity contribution in [2.45, 2.75) is 25.4 Å². The number of benzene rings is 2. The van der Waals surface area contributed by atoms with Crippen LogP contribution in [-0.4, -0.2) is 23.5 Å². The van der Waals surface area contributed by atoms with Gasteiger partial charge in [0.1, 0.15) is 17.4 Å². The predicted molar refractivity (Wildman–Crippen MR) is 89.6 cm³/mol. The van der Waals surface area contributed by atoms with E-state index in [1.165, 1.54) is 12.1 Å². The molecule has 0 atom stereocenters. The second-order valence-corrected chi connectivity index (χ2v) is 6.65. The zero-order valence-corrected chi connectivity index (χ0v) is 14.4. The van der Waals surface area contributed by atoms with Crippen molar-refractivity contribution in [2.75, 3.05) is 6.61 Å². The second kappa shape index (κ2) is 7.30. The van der Waals surface area contributed by atoms with Gasteiger partial charge in [0.15, 0.2) is 6.61 Å². The number of amides is 1. The van der Waals surface area contributed by atoms with Crippen LogP contribution in [0.4, 0.5) is 8.78 Å². The number of nitrogens with zero attached hydrogens (tertiary/aromatic N) is 1. The highest BCUT2D eigenvalue weighted by Gasteiger charge is 2.33. The highest BCUT2D eigenvalue weighted by Crippen LogP contribution is 2.29. The van der Waals surface area contributed by atoms with Crippen LogP contribution in [0.3, 0.4) is 0 Å². The molecule has 126 valence electrons. The van der Waals surface area contributed by atoms with Crippen molar-refractivity contribution in [3.05, 3.63) is 64.1 Å². The van der Waals surface area contributed by atoms with Gasteiger partial charge in [0.25, 0.3) is 5.91 Å². The quantitative estimate of drug-likeness (QED) is 0.729. The van der Waals surface area contributed by atoms with Crippen LogP contribution in [0.1, 0.15) is 18.4 Å². The highest BCUT2D eigenvalue weighted by molar-refractivity contribution is 9.10. The maximum absolute atomic E-state index is 13.8. The number of carbonyl (C=O) groups excluding carboxylic acids is 1. The smallest absolute Gasteiger partial charge is 0.261 e. The van der Waals surface area contributed by atoms with Crippen molar-refractivity contribution in [1.82, 2.24) is 4.90 Å². The van der Waals surface area contributed by atoms with Gasteiger partial charge < -0.3 is 9.64 Å². The van der Waals surface area contributed by atoms with Gasteiger partial charge in [-0.05, 0) is 43.2 Å². The molecule has 0 heterocycles. The van der Waals surface area contributed by atoms with E-state index < -0.39 is 11.6 Å². The number of hydrogen-bond acceptors (Lipinski definition) is 2. The fraction of sp³-hybridized carbons (Fsp3) is 0.278. The fourth-order valence-electron chi connectivity index (χ4n) is 2.40. The molecule has 0 N–H and O–H groups in total. The van der Waals surface area contributed by atoms with Crippen molar-refractivity contribution in [3.63, 3.8) is 0 Å². The summed E-state index contributed by atoms with van der Waals surface area (Å²) in [6.07, 6.45) is 1.79. The number of halogens is 3. The van der Waals surface area contributed by atoms with Gasteiger partial charge in [-0.15, -0.1) is 0 Å². The van der Waals surface area contributed by atoms with E-state index in [2.05, 4.69) is 15.9 Å². The number of carbonyl (C=O) groups is 1. The van der Waals surface area contributed by atoms with Gasteiger partial charge in [0, 0.05) is 28.7 Å². The van der Waals surface area contributed by atoms with Crippen LogP contribution in [0.5, 0.6) is 5.75 Å². The van der Waals surface area contributed by atoms with E-state index in [4.69, 9.17) is 4.74 Å². The molecule has 1 fully saturated rings. The lowest BCUT2D eigenvalue weighted by Gasteiger charge is -2.23. The summed E-state index contributed by atoms with van der Waals surface area (Å²) < 4.78 is 33.3. The maximum atomic E-state index is 13.8. The van der Waals surface area contributed by atoms with Crippen molar-refractivity contribution < 1.29 is 18.3 Å². The van der Waals surface area contributed by atoms with Crippen LogP contribution in [-0.2, 0) is 11.3 Å². The predicted octanol–water partition coefficient (Wildman–Crippen LogP) is 4.30. The van der Waals surface area contributed by atoms with Crippen molar-refractivity contribution in [1.29, 1.82) is 0 Å².